The fraction of sp³-hybridized carbons (Fsp3) is 0.467. The van der Waals surface area contributed by atoms with Crippen molar-refractivity contribution in [1.29, 1.82) is 0 Å². The Balaban J connectivity index is 2.01. The third kappa shape index (κ3) is 2.18. The molecule has 2 aromatic rings. The lowest BCUT2D eigenvalue weighted by atomic mass is 9.99. The van der Waals surface area contributed by atoms with Gasteiger partial charge in [-0.2, -0.15) is 0 Å². The molecule has 0 fully saturated rings. The van der Waals surface area contributed by atoms with E-state index in [1.165, 1.54) is 0 Å². The van der Waals surface area contributed by atoms with Gasteiger partial charge in [-0.25, -0.2) is 0 Å². The van der Waals surface area contributed by atoms with Crippen LogP contribution < -0.4 is 10.5 Å². The molecule has 1 aromatic carbocycles. The highest BCUT2D eigenvalue weighted by Gasteiger charge is 2.22. The summed E-state index contributed by atoms with van der Waals surface area (Å²) in [5.41, 5.74) is 7.97. The highest BCUT2D eigenvalue weighted by Crippen LogP contribution is 2.29. The molecule has 0 spiro atoms. The zero-order chi connectivity index (χ0) is 14.1. The van der Waals surface area contributed by atoms with E-state index in [9.17, 15) is 0 Å². The highest BCUT2D eigenvalue weighted by molar-refractivity contribution is 5.59. The lowest BCUT2D eigenvalue weighted by Crippen LogP contribution is -2.26. The second kappa shape index (κ2) is 5.25. The molecule has 0 amide bonds. The van der Waals surface area contributed by atoms with Crippen molar-refractivity contribution in [2.75, 3.05) is 13.7 Å². The quantitative estimate of drug-likeness (QED) is 0.925. The van der Waals surface area contributed by atoms with Gasteiger partial charge < -0.3 is 15.0 Å². The number of hydrogen-bond donors (Lipinski definition) is 1. The molecule has 1 aliphatic rings. The Labute approximate surface area is 118 Å². The Morgan fingerprint density at radius 1 is 1.40 bits per heavy atom. The molecule has 20 heavy (non-hydrogen) atoms. The number of nitrogens with zero attached hydrogens (tertiary/aromatic N) is 3. The Morgan fingerprint density at radius 3 is 3.00 bits per heavy atom. The number of aryl methyl sites for hydroxylation is 2. The van der Waals surface area contributed by atoms with E-state index >= 15 is 0 Å². The number of methoxy groups -OCH3 is 1. The fourth-order valence-electron chi connectivity index (χ4n) is 2.76. The van der Waals surface area contributed by atoms with Gasteiger partial charge in [-0.15, -0.1) is 10.2 Å². The molecule has 0 bridgehead atoms. The molecule has 0 aliphatic carbocycles. The van der Waals surface area contributed by atoms with Crippen molar-refractivity contribution in [3.63, 3.8) is 0 Å². The van der Waals surface area contributed by atoms with Crippen LogP contribution in [0, 0.1) is 12.8 Å². The summed E-state index contributed by atoms with van der Waals surface area (Å²) in [7, 11) is 1.69. The van der Waals surface area contributed by atoms with Crippen molar-refractivity contribution in [2.45, 2.75) is 26.3 Å². The van der Waals surface area contributed by atoms with Crippen molar-refractivity contribution < 1.29 is 4.74 Å². The van der Waals surface area contributed by atoms with Crippen molar-refractivity contribution in [1.82, 2.24) is 14.8 Å². The van der Waals surface area contributed by atoms with E-state index in [-0.39, 0.29) is 0 Å². The van der Waals surface area contributed by atoms with Gasteiger partial charge in [0, 0.05) is 18.5 Å². The van der Waals surface area contributed by atoms with Crippen molar-refractivity contribution in [3.8, 4) is 17.1 Å². The van der Waals surface area contributed by atoms with Gasteiger partial charge in [-0.3, -0.25) is 0 Å². The summed E-state index contributed by atoms with van der Waals surface area (Å²) >= 11 is 0. The average molecular weight is 272 g/mol. The lowest BCUT2D eigenvalue weighted by Gasteiger charge is -2.23. The molecule has 2 N–H and O–H groups in total. The molecule has 5 nitrogen and oxygen atoms in total. The van der Waals surface area contributed by atoms with Crippen LogP contribution in [0.2, 0.25) is 0 Å². The molecule has 1 unspecified atom stereocenters. The molecule has 3 rings (SSSR count). The van der Waals surface area contributed by atoms with Gasteiger partial charge in [0.2, 0.25) is 0 Å². The monoisotopic (exact) mass is 272 g/mol. The fourth-order valence-corrected chi connectivity index (χ4v) is 2.76. The first-order chi connectivity index (χ1) is 9.72. The van der Waals surface area contributed by atoms with Crippen LogP contribution in [0.4, 0.5) is 0 Å². The maximum atomic E-state index is 5.81. The summed E-state index contributed by atoms with van der Waals surface area (Å²) < 4.78 is 7.59. The maximum Gasteiger partial charge on any atom is 0.164 e. The summed E-state index contributed by atoms with van der Waals surface area (Å²) in [5.74, 6) is 3.37. The van der Waals surface area contributed by atoms with Crippen LogP contribution in [-0.2, 0) is 13.0 Å². The zero-order valence-corrected chi connectivity index (χ0v) is 12.0. The summed E-state index contributed by atoms with van der Waals surface area (Å²) in [5, 5.41) is 8.67. The molecular weight excluding hydrogens is 252 g/mol. The second-order valence-electron chi connectivity index (χ2n) is 5.38. The molecule has 106 valence electrons. The summed E-state index contributed by atoms with van der Waals surface area (Å²) in [6, 6.07) is 6.15. The molecule has 1 aliphatic heterocycles. The number of hydrogen-bond acceptors (Lipinski definition) is 4. The van der Waals surface area contributed by atoms with Crippen LogP contribution in [0.15, 0.2) is 18.2 Å². The van der Waals surface area contributed by atoms with Gasteiger partial charge in [0.25, 0.3) is 0 Å². The van der Waals surface area contributed by atoms with Crippen molar-refractivity contribution in [3.05, 3.63) is 29.6 Å². The van der Waals surface area contributed by atoms with Gasteiger partial charge in [0.15, 0.2) is 5.82 Å². The Bertz CT molecular complexity index is 620. The van der Waals surface area contributed by atoms with E-state index < -0.39 is 0 Å². The van der Waals surface area contributed by atoms with Crippen molar-refractivity contribution in [2.24, 2.45) is 11.7 Å². The summed E-state index contributed by atoms with van der Waals surface area (Å²) in [6.45, 7) is 3.66. The van der Waals surface area contributed by atoms with Gasteiger partial charge in [0.1, 0.15) is 11.6 Å². The van der Waals surface area contributed by atoms with E-state index in [0.717, 1.165) is 47.9 Å². The van der Waals surface area contributed by atoms with Crippen LogP contribution in [0.5, 0.6) is 5.75 Å². The van der Waals surface area contributed by atoms with Gasteiger partial charge in [-0.1, -0.05) is 12.1 Å². The maximum absolute atomic E-state index is 5.81. The number of nitrogens with two attached hydrogens (primary N) is 1. The van der Waals surface area contributed by atoms with Gasteiger partial charge in [-0.05, 0) is 37.4 Å². The molecule has 2 heterocycles. The van der Waals surface area contributed by atoms with E-state index in [1.807, 2.05) is 13.0 Å². The van der Waals surface area contributed by atoms with Crippen LogP contribution in [0.1, 0.15) is 17.8 Å². The highest BCUT2D eigenvalue weighted by atomic mass is 16.5. The number of benzene rings is 1. The van der Waals surface area contributed by atoms with E-state index in [4.69, 9.17) is 10.5 Å². The predicted octanol–water partition coefficient (Wildman–Crippen LogP) is 1.78. The molecule has 5 heteroatoms. The lowest BCUT2D eigenvalue weighted by molar-refractivity contribution is 0.375. The average Bonchev–Trinajstić information content (AvgIpc) is 2.90. The minimum atomic E-state index is 0.518. The third-order valence-corrected chi connectivity index (χ3v) is 4.04. The first-order valence-corrected chi connectivity index (χ1v) is 7.00. The van der Waals surface area contributed by atoms with Crippen LogP contribution in [0.25, 0.3) is 11.4 Å². The Hall–Kier alpha value is -1.88. The third-order valence-electron chi connectivity index (χ3n) is 4.04. The molecule has 1 aromatic heterocycles. The standard InChI is InChI=1S/C15H20N4O/c1-10-3-5-12(7-13(10)20-2)15-18-17-14-6-4-11(8-16)9-19(14)15/h3,5,7,11H,4,6,8-9,16H2,1-2H3. The van der Waals surface area contributed by atoms with E-state index in [0.29, 0.717) is 12.5 Å². The molecular formula is C15H20N4O. The number of aromatic nitrogens is 3. The number of fused-ring (bicyclic) bond motifs is 1. The Morgan fingerprint density at radius 2 is 2.25 bits per heavy atom. The molecule has 0 saturated heterocycles. The van der Waals surface area contributed by atoms with Gasteiger partial charge >= 0.3 is 0 Å². The van der Waals surface area contributed by atoms with E-state index in [1.54, 1.807) is 7.11 Å². The van der Waals surface area contributed by atoms with Crippen LogP contribution >= 0.6 is 0 Å². The minimum absolute atomic E-state index is 0.518. The van der Waals surface area contributed by atoms with Crippen LogP contribution in [0.3, 0.4) is 0 Å². The smallest absolute Gasteiger partial charge is 0.164 e. The summed E-state index contributed by atoms with van der Waals surface area (Å²) in [4.78, 5) is 0. The second-order valence-corrected chi connectivity index (χ2v) is 5.38. The topological polar surface area (TPSA) is 66.0 Å². The number of rotatable bonds is 3. The summed E-state index contributed by atoms with van der Waals surface area (Å²) in [6.07, 6.45) is 2.06. The van der Waals surface area contributed by atoms with Crippen molar-refractivity contribution >= 4 is 0 Å². The van der Waals surface area contributed by atoms with E-state index in [2.05, 4.69) is 26.9 Å². The predicted molar refractivity (Wildman–Crippen MR) is 77.6 cm³/mol. The largest absolute Gasteiger partial charge is 0.496 e. The first-order valence-electron chi connectivity index (χ1n) is 7.00. The molecule has 0 saturated carbocycles. The first kappa shape index (κ1) is 13.1. The molecule has 1 atom stereocenters. The normalized spacial score (nSPS) is 17.9. The number of ether oxygens (including phenoxy) is 1. The zero-order valence-electron chi connectivity index (χ0n) is 12.0. The van der Waals surface area contributed by atoms with Crippen LogP contribution in [-0.4, -0.2) is 28.4 Å². The van der Waals surface area contributed by atoms with Gasteiger partial charge in [0.05, 0.1) is 7.11 Å². The molecule has 0 radical (unpaired) electrons. The minimum Gasteiger partial charge on any atom is -0.496 e. The Kier molecular flexibility index (Phi) is 3.44. The SMILES string of the molecule is COc1cc(-c2nnc3n2CC(CN)CC3)ccc1C.